The minimum absolute atomic E-state index is 0.00275. The van der Waals surface area contributed by atoms with Crippen molar-refractivity contribution < 1.29 is 8.81 Å². The average molecular weight is 263 g/mol. The Morgan fingerprint density at radius 2 is 2.06 bits per heavy atom. The van der Waals surface area contributed by atoms with Crippen molar-refractivity contribution in [3.05, 3.63) is 47.2 Å². The first-order valence-corrected chi connectivity index (χ1v) is 5.63. The van der Waals surface area contributed by atoms with Crippen molar-refractivity contribution in [2.24, 2.45) is 0 Å². The lowest BCUT2D eigenvalue weighted by Crippen LogP contribution is -1.83. The Morgan fingerprint density at radius 1 is 1.22 bits per heavy atom. The predicted octanol–water partition coefficient (Wildman–Crippen LogP) is 3.87. The van der Waals surface area contributed by atoms with E-state index in [1.54, 1.807) is 30.3 Å². The summed E-state index contributed by atoms with van der Waals surface area (Å²) in [7, 11) is 0. The van der Waals surface area contributed by atoms with E-state index in [9.17, 15) is 4.39 Å². The summed E-state index contributed by atoms with van der Waals surface area (Å²) in [4.78, 5) is 4.25. The normalized spacial score (nSPS) is 11.0. The van der Waals surface area contributed by atoms with Crippen molar-refractivity contribution in [2.75, 3.05) is 5.73 Å². The third-order valence-electron chi connectivity index (χ3n) is 2.59. The molecule has 5 heteroatoms. The van der Waals surface area contributed by atoms with Gasteiger partial charge in [0.15, 0.2) is 5.58 Å². The van der Waals surface area contributed by atoms with E-state index in [0.717, 1.165) is 0 Å². The number of oxazole rings is 1. The lowest BCUT2D eigenvalue weighted by atomic mass is 10.2. The van der Waals surface area contributed by atoms with Crippen molar-refractivity contribution in [3.63, 3.8) is 0 Å². The summed E-state index contributed by atoms with van der Waals surface area (Å²) < 4.78 is 18.9. The minimum Gasteiger partial charge on any atom is -0.436 e. The van der Waals surface area contributed by atoms with Crippen LogP contribution in [0.1, 0.15) is 0 Å². The number of nitrogens with two attached hydrogens (primary N) is 1. The second-order valence-corrected chi connectivity index (χ2v) is 4.23. The Balaban J connectivity index is 2.22. The van der Waals surface area contributed by atoms with Crippen molar-refractivity contribution in [1.29, 1.82) is 0 Å². The third-order valence-corrected chi connectivity index (χ3v) is 2.98. The molecule has 0 amide bonds. The largest absolute Gasteiger partial charge is 0.436 e. The lowest BCUT2D eigenvalue weighted by Gasteiger charge is -1.99. The molecule has 2 N–H and O–H groups in total. The molecule has 0 saturated carbocycles. The molecule has 0 saturated heterocycles. The molecule has 90 valence electrons. The Morgan fingerprint density at radius 3 is 2.89 bits per heavy atom. The number of anilines is 1. The first kappa shape index (κ1) is 11.0. The second kappa shape index (κ2) is 3.99. The molecule has 3 aromatic rings. The molecular formula is C13H8ClFN2O. The van der Waals surface area contributed by atoms with Crippen LogP contribution in [0.3, 0.4) is 0 Å². The predicted molar refractivity (Wildman–Crippen MR) is 68.8 cm³/mol. The third kappa shape index (κ3) is 1.71. The molecule has 18 heavy (non-hydrogen) atoms. The molecule has 0 unspecified atom stereocenters. The number of hydrogen-bond acceptors (Lipinski definition) is 3. The Hall–Kier alpha value is -2.07. The Labute approximate surface area is 107 Å². The van der Waals surface area contributed by atoms with Gasteiger partial charge in [0.2, 0.25) is 5.89 Å². The van der Waals surface area contributed by atoms with Gasteiger partial charge < -0.3 is 10.2 Å². The van der Waals surface area contributed by atoms with E-state index < -0.39 is 5.82 Å². The fraction of sp³-hybridized carbons (Fsp3) is 0. The molecule has 0 atom stereocenters. The van der Waals surface area contributed by atoms with Crippen LogP contribution in [0.25, 0.3) is 22.6 Å². The van der Waals surface area contributed by atoms with Crippen molar-refractivity contribution >= 4 is 28.4 Å². The summed E-state index contributed by atoms with van der Waals surface area (Å²) >= 11 is 5.89. The molecule has 0 bridgehead atoms. The van der Waals surface area contributed by atoms with E-state index in [-0.39, 0.29) is 10.9 Å². The van der Waals surface area contributed by atoms with Gasteiger partial charge in [0, 0.05) is 11.8 Å². The maximum Gasteiger partial charge on any atom is 0.228 e. The standard InChI is InChI=1S/C13H8ClFN2O/c14-12-8(2-1-3-9(12)15)13-17-10-5-4-7(16)6-11(10)18-13/h1-6H,16H2. The maximum atomic E-state index is 13.4. The summed E-state index contributed by atoms with van der Waals surface area (Å²) in [5, 5.41) is -0.00275. The summed E-state index contributed by atoms with van der Waals surface area (Å²) in [6.07, 6.45) is 0. The van der Waals surface area contributed by atoms with Gasteiger partial charge in [0.05, 0.1) is 10.6 Å². The number of rotatable bonds is 1. The number of nitrogens with zero attached hydrogens (tertiary/aromatic N) is 1. The molecular weight excluding hydrogens is 255 g/mol. The van der Waals surface area contributed by atoms with Crippen molar-refractivity contribution in [3.8, 4) is 11.5 Å². The van der Waals surface area contributed by atoms with Crippen LogP contribution in [0.2, 0.25) is 5.02 Å². The Kier molecular flexibility index (Phi) is 2.45. The summed E-state index contributed by atoms with van der Waals surface area (Å²) in [6, 6.07) is 9.62. The van der Waals surface area contributed by atoms with Crippen LogP contribution < -0.4 is 5.73 Å². The molecule has 0 aliphatic carbocycles. The topological polar surface area (TPSA) is 52.0 Å². The highest BCUT2D eigenvalue weighted by Gasteiger charge is 2.14. The van der Waals surface area contributed by atoms with Crippen molar-refractivity contribution in [2.45, 2.75) is 0 Å². The summed E-state index contributed by atoms with van der Waals surface area (Å²) in [5.41, 5.74) is 7.85. The molecule has 0 aliphatic rings. The van der Waals surface area contributed by atoms with Gasteiger partial charge in [-0.05, 0) is 24.3 Å². The van der Waals surface area contributed by atoms with E-state index in [2.05, 4.69) is 4.98 Å². The highest BCUT2D eigenvalue weighted by atomic mass is 35.5. The molecule has 1 heterocycles. The van der Waals surface area contributed by atoms with Gasteiger partial charge in [-0.1, -0.05) is 17.7 Å². The van der Waals surface area contributed by atoms with Crippen LogP contribution in [0.4, 0.5) is 10.1 Å². The average Bonchev–Trinajstić information content (AvgIpc) is 2.75. The highest BCUT2D eigenvalue weighted by Crippen LogP contribution is 2.31. The molecule has 1 aromatic heterocycles. The van der Waals surface area contributed by atoms with Gasteiger partial charge >= 0.3 is 0 Å². The zero-order valence-electron chi connectivity index (χ0n) is 9.15. The molecule has 0 radical (unpaired) electrons. The number of hydrogen-bond donors (Lipinski definition) is 1. The molecule has 2 aromatic carbocycles. The number of aromatic nitrogens is 1. The van der Waals surface area contributed by atoms with Crippen LogP contribution in [-0.4, -0.2) is 4.98 Å². The van der Waals surface area contributed by atoms with E-state index in [0.29, 0.717) is 22.4 Å². The second-order valence-electron chi connectivity index (χ2n) is 3.85. The lowest BCUT2D eigenvalue weighted by molar-refractivity contribution is 0.611. The van der Waals surface area contributed by atoms with E-state index >= 15 is 0 Å². The van der Waals surface area contributed by atoms with Crippen LogP contribution >= 0.6 is 11.6 Å². The highest BCUT2D eigenvalue weighted by molar-refractivity contribution is 6.33. The van der Waals surface area contributed by atoms with Gasteiger partial charge in [-0.25, -0.2) is 9.37 Å². The SMILES string of the molecule is Nc1ccc2nc(-c3cccc(F)c3Cl)oc2c1. The molecule has 0 spiro atoms. The van der Waals surface area contributed by atoms with Gasteiger partial charge in [0.25, 0.3) is 0 Å². The number of nitrogen functional groups attached to an aromatic ring is 1. The van der Waals surface area contributed by atoms with Crippen LogP contribution in [0.5, 0.6) is 0 Å². The number of halogens is 2. The quantitative estimate of drug-likeness (QED) is 0.677. The van der Waals surface area contributed by atoms with E-state index in [1.165, 1.54) is 6.07 Å². The molecule has 3 nitrogen and oxygen atoms in total. The fourth-order valence-corrected chi connectivity index (χ4v) is 1.93. The first-order chi connectivity index (χ1) is 8.65. The number of fused-ring (bicyclic) bond motifs is 1. The van der Waals surface area contributed by atoms with E-state index in [4.69, 9.17) is 21.8 Å². The van der Waals surface area contributed by atoms with Gasteiger partial charge in [0.1, 0.15) is 11.3 Å². The zero-order valence-corrected chi connectivity index (χ0v) is 9.91. The van der Waals surface area contributed by atoms with Crippen LogP contribution in [0, 0.1) is 5.82 Å². The maximum absolute atomic E-state index is 13.4. The van der Waals surface area contributed by atoms with Crippen molar-refractivity contribution in [1.82, 2.24) is 4.98 Å². The van der Waals surface area contributed by atoms with Crippen LogP contribution in [-0.2, 0) is 0 Å². The fourth-order valence-electron chi connectivity index (χ4n) is 1.73. The first-order valence-electron chi connectivity index (χ1n) is 5.25. The summed E-state index contributed by atoms with van der Waals surface area (Å²) in [5.74, 6) is -0.226. The number of benzene rings is 2. The molecule has 0 fully saturated rings. The van der Waals surface area contributed by atoms with Gasteiger partial charge in [-0.15, -0.1) is 0 Å². The molecule has 3 rings (SSSR count). The van der Waals surface area contributed by atoms with Gasteiger partial charge in [-0.3, -0.25) is 0 Å². The minimum atomic E-state index is -0.504. The summed E-state index contributed by atoms with van der Waals surface area (Å²) in [6.45, 7) is 0. The van der Waals surface area contributed by atoms with Gasteiger partial charge in [-0.2, -0.15) is 0 Å². The van der Waals surface area contributed by atoms with Crippen LogP contribution in [0.15, 0.2) is 40.8 Å². The van der Waals surface area contributed by atoms with E-state index in [1.807, 2.05) is 0 Å². The molecule has 0 aliphatic heterocycles. The smallest absolute Gasteiger partial charge is 0.228 e. The Bertz CT molecular complexity index is 739. The zero-order chi connectivity index (χ0) is 12.7. The monoisotopic (exact) mass is 262 g/mol.